The van der Waals surface area contributed by atoms with Crippen LogP contribution >= 0.6 is 12.4 Å². The minimum absolute atomic E-state index is 0. The molecular weight excluding hydrogens is 264 g/mol. The number of hydrogen-bond acceptors (Lipinski definition) is 3. The highest BCUT2D eigenvalue weighted by Gasteiger charge is 2.38. The van der Waals surface area contributed by atoms with Crippen molar-refractivity contribution in [2.24, 2.45) is 0 Å². The van der Waals surface area contributed by atoms with E-state index >= 15 is 0 Å². The van der Waals surface area contributed by atoms with Crippen LogP contribution in [0.1, 0.15) is 51.1 Å². The smallest absolute Gasteiger partial charge is 0.287 e. The Kier molecular flexibility index (Phi) is 4.69. The predicted molar refractivity (Wildman–Crippen MR) is 77.7 cm³/mol. The summed E-state index contributed by atoms with van der Waals surface area (Å²) in [6.07, 6.45) is 3.36. The molecule has 1 aromatic heterocycles. The second-order valence-corrected chi connectivity index (χ2v) is 6.45. The molecular formula is C14H23ClN2O2. The van der Waals surface area contributed by atoms with Crippen LogP contribution in [0.15, 0.2) is 22.8 Å². The predicted octanol–water partition coefficient (Wildman–Crippen LogP) is 2.74. The van der Waals surface area contributed by atoms with Gasteiger partial charge in [-0.1, -0.05) is 0 Å². The molecule has 2 heterocycles. The van der Waals surface area contributed by atoms with Gasteiger partial charge in [-0.3, -0.25) is 4.79 Å². The van der Waals surface area contributed by atoms with Crippen LogP contribution in [0.4, 0.5) is 0 Å². The van der Waals surface area contributed by atoms with Crippen molar-refractivity contribution < 1.29 is 9.21 Å². The molecule has 0 aliphatic carbocycles. The van der Waals surface area contributed by atoms with Gasteiger partial charge in [0, 0.05) is 17.1 Å². The Morgan fingerprint density at radius 2 is 1.89 bits per heavy atom. The first-order chi connectivity index (χ1) is 8.27. The SMILES string of the molecule is CC1(C)CC(NC(=O)c2ccco2)CC(C)(C)N1.Cl. The Morgan fingerprint density at radius 3 is 2.37 bits per heavy atom. The Labute approximate surface area is 120 Å². The molecule has 1 aliphatic rings. The van der Waals surface area contributed by atoms with Crippen molar-refractivity contribution in [3.8, 4) is 0 Å². The lowest BCUT2D eigenvalue weighted by atomic mass is 9.79. The van der Waals surface area contributed by atoms with Gasteiger partial charge in [0.2, 0.25) is 0 Å². The maximum absolute atomic E-state index is 12.0. The van der Waals surface area contributed by atoms with E-state index in [0.717, 1.165) is 12.8 Å². The molecule has 1 aliphatic heterocycles. The molecule has 0 spiro atoms. The molecule has 0 unspecified atom stereocenters. The molecule has 0 bridgehead atoms. The number of nitrogens with one attached hydrogen (secondary N) is 2. The summed E-state index contributed by atoms with van der Waals surface area (Å²) in [5.74, 6) is 0.252. The fraction of sp³-hybridized carbons (Fsp3) is 0.643. The molecule has 1 fully saturated rings. The standard InChI is InChI=1S/C14H22N2O2.ClH/c1-13(2)8-10(9-14(3,4)16-13)15-12(17)11-6-5-7-18-11;/h5-7,10,16H,8-9H2,1-4H3,(H,15,17);1H. The molecule has 0 radical (unpaired) electrons. The van der Waals surface area contributed by atoms with Crippen LogP contribution < -0.4 is 10.6 Å². The fourth-order valence-electron chi connectivity index (χ4n) is 3.09. The van der Waals surface area contributed by atoms with E-state index in [1.165, 1.54) is 6.26 Å². The van der Waals surface area contributed by atoms with Gasteiger partial charge in [0.05, 0.1) is 6.26 Å². The van der Waals surface area contributed by atoms with Crippen LogP contribution in [-0.4, -0.2) is 23.0 Å². The maximum Gasteiger partial charge on any atom is 0.287 e. The number of carbonyl (C=O) groups is 1. The van der Waals surface area contributed by atoms with Crippen LogP contribution in [-0.2, 0) is 0 Å². The molecule has 1 saturated heterocycles. The zero-order chi connectivity index (χ0) is 13.4. The molecule has 2 rings (SSSR count). The van der Waals surface area contributed by atoms with Crippen molar-refractivity contribution in [3.05, 3.63) is 24.2 Å². The number of rotatable bonds is 2. The van der Waals surface area contributed by atoms with Crippen LogP contribution in [0.3, 0.4) is 0 Å². The van der Waals surface area contributed by atoms with E-state index in [9.17, 15) is 4.79 Å². The van der Waals surface area contributed by atoms with Crippen LogP contribution in [0.2, 0.25) is 0 Å². The highest BCUT2D eigenvalue weighted by Crippen LogP contribution is 2.28. The average molecular weight is 287 g/mol. The zero-order valence-electron chi connectivity index (χ0n) is 11.9. The van der Waals surface area contributed by atoms with Gasteiger partial charge in [-0.2, -0.15) is 0 Å². The molecule has 1 amide bonds. The van der Waals surface area contributed by atoms with Gasteiger partial charge in [-0.25, -0.2) is 0 Å². The first-order valence-electron chi connectivity index (χ1n) is 6.41. The molecule has 108 valence electrons. The molecule has 19 heavy (non-hydrogen) atoms. The van der Waals surface area contributed by atoms with E-state index in [2.05, 4.69) is 38.3 Å². The third-order valence-electron chi connectivity index (χ3n) is 3.27. The Hall–Kier alpha value is -1.00. The summed E-state index contributed by atoms with van der Waals surface area (Å²) in [6.45, 7) is 8.67. The zero-order valence-corrected chi connectivity index (χ0v) is 12.8. The highest BCUT2D eigenvalue weighted by atomic mass is 35.5. The van der Waals surface area contributed by atoms with E-state index in [4.69, 9.17) is 4.42 Å². The summed E-state index contributed by atoms with van der Waals surface area (Å²) in [5, 5.41) is 6.66. The molecule has 0 aromatic carbocycles. The van der Waals surface area contributed by atoms with Crippen molar-refractivity contribution in [2.75, 3.05) is 0 Å². The van der Waals surface area contributed by atoms with Crippen molar-refractivity contribution in [1.82, 2.24) is 10.6 Å². The number of hydrogen-bond donors (Lipinski definition) is 2. The monoisotopic (exact) mass is 286 g/mol. The van der Waals surface area contributed by atoms with Crippen LogP contribution in [0.25, 0.3) is 0 Å². The lowest BCUT2D eigenvalue weighted by molar-refractivity contribution is 0.0846. The molecule has 0 saturated carbocycles. The quantitative estimate of drug-likeness (QED) is 0.879. The largest absolute Gasteiger partial charge is 0.459 e. The maximum atomic E-state index is 12.0. The minimum Gasteiger partial charge on any atom is -0.459 e. The van der Waals surface area contributed by atoms with Crippen LogP contribution in [0.5, 0.6) is 0 Å². The molecule has 2 N–H and O–H groups in total. The highest BCUT2D eigenvalue weighted by molar-refractivity contribution is 5.91. The van der Waals surface area contributed by atoms with Gasteiger partial charge in [-0.15, -0.1) is 12.4 Å². The third-order valence-corrected chi connectivity index (χ3v) is 3.27. The lowest BCUT2D eigenvalue weighted by Gasteiger charge is -2.46. The van der Waals surface area contributed by atoms with Gasteiger partial charge in [-0.05, 0) is 52.7 Å². The summed E-state index contributed by atoms with van der Waals surface area (Å²) in [5.41, 5.74) is 0.0612. The van der Waals surface area contributed by atoms with Crippen LogP contribution in [0, 0.1) is 0 Å². The molecule has 1 aromatic rings. The average Bonchev–Trinajstić information content (AvgIpc) is 2.63. The fourth-order valence-corrected chi connectivity index (χ4v) is 3.09. The van der Waals surface area contributed by atoms with Gasteiger partial charge in [0.25, 0.3) is 5.91 Å². The van der Waals surface area contributed by atoms with E-state index < -0.39 is 0 Å². The second-order valence-electron chi connectivity index (χ2n) is 6.45. The second kappa shape index (κ2) is 5.55. The van der Waals surface area contributed by atoms with Crippen molar-refractivity contribution in [1.29, 1.82) is 0 Å². The van der Waals surface area contributed by atoms with Crippen molar-refractivity contribution in [2.45, 2.75) is 57.7 Å². The molecule has 4 nitrogen and oxygen atoms in total. The lowest BCUT2D eigenvalue weighted by Crippen LogP contribution is -2.62. The van der Waals surface area contributed by atoms with E-state index in [1.807, 2.05) is 0 Å². The number of amides is 1. The normalized spacial score (nSPS) is 21.5. The number of piperidine rings is 1. The van der Waals surface area contributed by atoms with Gasteiger partial charge in [0.15, 0.2) is 5.76 Å². The number of furan rings is 1. The molecule has 5 heteroatoms. The van der Waals surface area contributed by atoms with Gasteiger partial charge < -0.3 is 15.1 Å². The number of carbonyl (C=O) groups excluding carboxylic acids is 1. The topological polar surface area (TPSA) is 54.3 Å². The Balaban J connectivity index is 0.00000180. The summed E-state index contributed by atoms with van der Waals surface area (Å²) < 4.78 is 5.11. The third kappa shape index (κ3) is 4.25. The van der Waals surface area contributed by atoms with Crippen molar-refractivity contribution in [3.63, 3.8) is 0 Å². The van der Waals surface area contributed by atoms with Gasteiger partial charge in [0.1, 0.15) is 0 Å². The summed E-state index contributed by atoms with van der Waals surface area (Å²) in [7, 11) is 0. The molecule has 0 atom stereocenters. The summed E-state index contributed by atoms with van der Waals surface area (Å²) in [4.78, 5) is 12.0. The Morgan fingerprint density at radius 1 is 1.32 bits per heavy atom. The summed E-state index contributed by atoms with van der Waals surface area (Å²) >= 11 is 0. The van der Waals surface area contributed by atoms with E-state index in [1.54, 1.807) is 12.1 Å². The van der Waals surface area contributed by atoms with Crippen molar-refractivity contribution >= 4 is 18.3 Å². The van der Waals surface area contributed by atoms with E-state index in [0.29, 0.717) is 5.76 Å². The number of halogens is 1. The Bertz CT molecular complexity index is 411. The first-order valence-corrected chi connectivity index (χ1v) is 6.41. The van der Waals surface area contributed by atoms with Gasteiger partial charge >= 0.3 is 0 Å². The first kappa shape index (κ1) is 16.1. The minimum atomic E-state index is -0.126. The van der Waals surface area contributed by atoms with E-state index in [-0.39, 0.29) is 35.4 Å². The summed E-state index contributed by atoms with van der Waals surface area (Å²) in [6, 6.07) is 3.59.